The Morgan fingerprint density at radius 2 is 1.76 bits per heavy atom. The number of fused-ring (bicyclic) bond motifs is 1. The molecule has 0 aliphatic heterocycles. The molecule has 0 aliphatic carbocycles. The third-order valence-corrected chi connectivity index (χ3v) is 6.97. The summed E-state index contributed by atoms with van der Waals surface area (Å²) < 4.78 is 85.0. The van der Waals surface area contributed by atoms with Gasteiger partial charge in [-0.2, -0.15) is 18.2 Å². The third-order valence-electron chi connectivity index (χ3n) is 5.63. The average Bonchev–Trinajstić information content (AvgIpc) is 3.31. The zero-order chi connectivity index (χ0) is 34.6. The van der Waals surface area contributed by atoms with E-state index in [1.165, 1.54) is 18.3 Å². The molecule has 3 aromatic rings. The van der Waals surface area contributed by atoms with Crippen LogP contribution in [0.3, 0.4) is 0 Å². The number of esters is 1. The van der Waals surface area contributed by atoms with E-state index in [0.717, 1.165) is 29.0 Å². The Kier molecular flexibility index (Phi) is 11.0. The van der Waals surface area contributed by atoms with Crippen LogP contribution in [0.1, 0.15) is 34.6 Å². The van der Waals surface area contributed by atoms with Crippen LogP contribution < -0.4 is 15.0 Å². The smallest absolute Gasteiger partial charge is 0.424 e. The molecule has 19 heteroatoms. The standard InChI is InChI=1S/C27H31ClF3N5O9S/c1-15(2)21(33-24(38)45-26(3,4)5)22(37)43-14-44-25(39)36(23-32-20-10-7-16(28)12-35(20)34-23)18-9-8-17(46(6,40)41)11-19(18)42-13-27(29,30)31/h7-12,15,21H,13-14H2,1-6H3,(H,33,38)/t21-/m0/s1. The second kappa shape index (κ2) is 14.0. The van der Waals surface area contributed by atoms with Gasteiger partial charge in [-0.05, 0) is 51.0 Å². The first kappa shape index (κ1) is 36.2. The number of pyridine rings is 1. The van der Waals surface area contributed by atoms with Gasteiger partial charge in [0, 0.05) is 18.5 Å². The molecule has 0 fully saturated rings. The average molecular weight is 694 g/mol. The van der Waals surface area contributed by atoms with E-state index in [9.17, 15) is 36.0 Å². The van der Waals surface area contributed by atoms with Gasteiger partial charge >= 0.3 is 24.3 Å². The normalized spacial score (nSPS) is 12.8. The largest absolute Gasteiger partial charge is 0.482 e. The zero-order valence-corrected chi connectivity index (χ0v) is 27.0. The van der Waals surface area contributed by atoms with Crippen molar-refractivity contribution in [2.45, 2.75) is 57.3 Å². The lowest BCUT2D eigenvalue weighted by atomic mass is 10.1. The number of alkyl halides is 3. The SMILES string of the molecule is CC(C)[C@H](NC(=O)OC(C)(C)C)C(=O)OCOC(=O)N(c1nc2ccc(Cl)cn2n1)c1ccc(S(C)(=O)=O)cc1OCC(F)(F)F. The number of amides is 2. The molecule has 0 aliphatic rings. The molecular formula is C27H31ClF3N5O9S. The van der Waals surface area contributed by atoms with Crippen molar-refractivity contribution in [3.8, 4) is 5.75 Å². The van der Waals surface area contributed by atoms with E-state index in [-0.39, 0.29) is 10.7 Å². The Morgan fingerprint density at radius 3 is 2.35 bits per heavy atom. The number of hydrogen-bond acceptors (Lipinski definition) is 11. The minimum absolute atomic E-state index is 0.155. The summed E-state index contributed by atoms with van der Waals surface area (Å²) in [5.74, 6) is -2.61. The van der Waals surface area contributed by atoms with Crippen LogP contribution in [0.15, 0.2) is 41.4 Å². The van der Waals surface area contributed by atoms with Crippen molar-refractivity contribution < 1.29 is 54.9 Å². The number of nitrogens with one attached hydrogen (secondary N) is 1. The number of nitrogens with zero attached hydrogens (tertiary/aromatic N) is 4. The van der Waals surface area contributed by atoms with Crippen molar-refractivity contribution in [3.05, 3.63) is 41.6 Å². The number of carbonyl (C=O) groups excluding carboxylic acids is 3. The summed E-state index contributed by atoms with van der Waals surface area (Å²) >= 11 is 6.01. The van der Waals surface area contributed by atoms with E-state index < -0.39 is 87.4 Å². The highest BCUT2D eigenvalue weighted by molar-refractivity contribution is 7.90. The molecule has 2 aromatic heterocycles. The van der Waals surface area contributed by atoms with Gasteiger partial charge in [0.2, 0.25) is 6.79 Å². The minimum Gasteiger partial charge on any atom is -0.482 e. The van der Waals surface area contributed by atoms with E-state index in [1.807, 2.05) is 0 Å². The van der Waals surface area contributed by atoms with Crippen molar-refractivity contribution in [2.75, 3.05) is 24.6 Å². The number of hydrogen-bond donors (Lipinski definition) is 1. The summed E-state index contributed by atoms with van der Waals surface area (Å²) in [5, 5.41) is 6.74. The Morgan fingerprint density at radius 1 is 1.09 bits per heavy atom. The molecule has 1 aromatic carbocycles. The number of aromatic nitrogens is 3. The molecule has 1 atom stereocenters. The van der Waals surface area contributed by atoms with Crippen LogP contribution in [-0.2, 0) is 28.8 Å². The van der Waals surface area contributed by atoms with Crippen LogP contribution in [0, 0.1) is 5.92 Å². The molecule has 14 nitrogen and oxygen atoms in total. The molecule has 0 radical (unpaired) electrons. The number of ether oxygens (including phenoxy) is 4. The van der Waals surface area contributed by atoms with Gasteiger partial charge in [-0.3, -0.25) is 0 Å². The number of halogens is 4. The van der Waals surface area contributed by atoms with Gasteiger partial charge < -0.3 is 24.3 Å². The fraction of sp³-hybridized carbons (Fsp3) is 0.444. The molecule has 0 spiro atoms. The molecule has 0 bridgehead atoms. The number of benzene rings is 1. The monoisotopic (exact) mass is 693 g/mol. The number of alkyl carbamates (subject to hydrolysis) is 1. The van der Waals surface area contributed by atoms with Gasteiger partial charge in [-0.25, -0.2) is 32.2 Å². The predicted octanol–water partition coefficient (Wildman–Crippen LogP) is 5.05. The molecule has 252 valence electrons. The first-order valence-electron chi connectivity index (χ1n) is 13.3. The van der Waals surface area contributed by atoms with Gasteiger partial charge in [0.1, 0.15) is 17.4 Å². The zero-order valence-electron chi connectivity index (χ0n) is 25.4. The van der Waals surface area contributed by atoms with Crippen LogP contribution >= 0.6 is 11.6 Å². The number of sulfone groups is 1. The van der Waals surface area contributed by atoms with E-state index in [4.69, 9.17) is 30.5 Å². The van der Waals surface area contributed by atoms with Gasteiger partial charge in [0.15, 0.2) is 22.1 Å². The van der Waals surface area contributed by atoms with Crippen molar-refractivity contribution in [1.29, 1.82) is 0 Å². The topological polar surface area (TPSA) is 168 Å². The number of rotatable bonds is 10. The molecular weight excluding hydrogens is 663 g/mol. The van der Waals surface area contributed by atoms with Gasteiger partial charge in [-0.15, -0.1) is 5.10 Å². The van der Waals surface area contributed by atoms with Crippen molar-refractivity contribution in [2.24, 2.45) is 5.92 Å². The first-order valence-corrected chi connectivity index (χ1v) is 15.6. The molecule has 46 heavy (non-hydrogen) atoms. The fourth-order valence-corrected chi connectivity index (χ4v) is 4.43. The fourth-order valence-electron chi connectivity index (χ4n) is 3.64. The maximum Gasteiger partial charge on any atom is 0.424 e. The highest BCUT2D eigenvalue weighted by Crippen LogP contribution is 2.36. The molecule has 1 N–H and O–H groups in total. The Labute approximate surface area is 266 Å². The highest BCUT2D eigenvalue weighted by atomic mass is 35.5. The summed E-state index contributed by atoms with van der Waals surface area (Å²) in [5.41, 5.74) is -1.14. The summed E-state index contributed by atoms with van der Waals surface area (Å²) in [6.07, 6.45) is -4.94. The van der Waals surface area contributed by atoms with E-state index in [1.54, 1.807) is 34.6 Å². The molecule has 0 unspecified atom stereocenters. The predicted molar refractivity (Wildman–Crippen MR) is 157 cm³/mol. The van der Waals surface area contributed by atoms with E-state index >= 15 is 0 Å². The lowest BCUT2D eigenvalue weighted by Gasteiger charge is -2.25. The minimum atomic E-state index is -4.84. The Bertz CT molecular complexity index is 1710. The molecule has 0 saturated heterocycles. The number of anilines is 2. The molecule has 3 rings (SSSR count). The van der Waals surface area contributed by atoms with Crippen LogP contribution in [0.2, 0.25) is 5.02 Å². The Hall–Kier alpha value is -4.32. The maximum atomic E-state index is 13.5. The van der Waals surface area contributed by atoms with Gasteiger partial charge in [0.05, 0.1) is 15.6 Å². The van der Waals surface area contributed by atoms with Crippen molar-refractivity contribution in [3.63, 3.8) is 0 Å². The van der Waals surface area contributed by atoms with Crippen molar-refractivity contribution in [1.82, 2.24) is 19.9 Å². The Balaban J connectivity index is 1.95. The quantitative estimate of drug-likeness (QED) is 0.223. The van der Waals surface area contributed by atoms with E-state index in [0.29, 0.717) is 4.90 Å². The summed E-state index contributed by atoms with van der Waals surface area (Å²) in [6.45, 7) is 5.24. The molecule has 0 saturated carbocycles. The maximum absolute atomic E-state index is 13.5. The summed E-state index contributed by atoms with van der Waals surface area (Å²) in [6, 6.07) is 4.49. The third kappa shape index (κ3) is 10.1. The molecule has 2 heterocycles. The second-order valence-electron chi connectivity index (χ2n) is 11.1. The number of carbonyl (C=O) groups is 3. The highest BCUT2D eigenvalue weighted by Gasteiger charge is 2.33. The first-order chi connectivity index (χ1) is 21.1. The van der Waals surface area contributed by atoms with Gasteiger partial charge in [0.25, 0.3) is 5.95 Å². The lowest BCUT2D eigenvalue weighted by molar-refractivity contribution is -0.155. The molecule has 2 amide bonds. The van der Waals surface area contributed by atoms with Crippen LogP contribution in [0.25, 0.3) is 5.65 Å². The summed E-state index contributed by atoms with van der Waals surface area (Å²) in [4.78, 5) is 42.8. The second-order valence-corrected chi connectivity index (χ2v) is 13.5. The van der Waals surface area contributed by atoms with E-state index in [2.05, 4.69) is 15.4 Å². The van der Waals surface area contributed by atoms with Crippen LogP contribution in [-0.4, -0.2) is 78.6 Å². The van der Waals surface area contributed by atoms with Crippen LogP contribution in [0.5, 0.6) is 5.75 Å². The van der Waals surface area contributed by atoms with Crippen LogP contribution in [0.4, 0.5) is 34.4 Å². The lowest BCUT2D eigenvalue weighted by Crippen LogP contribution is -2.47. The van der Waals surface area contributed by atoms with Crippen molar-refractivity contribution >= 4 is 56.9 Å². The van der Waals surface area contributed by atoms with Gasteiger partial charge in [-0.1, -0.05) is 25.4 Å². The summed E-state index contributed by atoms with van der Waals surface area (Å²) in [7, 11) is -3.93.